The normalized spacial score (nSPS) is 21.6. The lowest BCUT2D eigenvalue weighted by Gasteiger charge is -2.30. The average Bonchev–Trinajstić information content (AvgIpc) is 2.52. The second kappa shape index (κ2) is 6.26. The second-order valence-electron chi connectivity index (χ2n) is 5.73. The molecule has 1 aromatic rings. The molecular formula is C16H21N3O2. The minimum Gasteiger partial charge on any atom is -0.323 e. The van der Waals surface area contributed by atoms with Crippen LogP contribution in [-0.2, 0) is 9.59 Å². The van der Waals surface area contributed by atoms with E-state index < -0.39 is 0 Å². The van der Waals surface area contributed by atoms with E-state index in [-0.39, 0.29) is 18.4 Å². The van der Waals surface area contributed by atoms with Crippen LogP contribution >= 0.6 is 0 Å². The lowest BCUT2D eigenvalue weighted by Crippen LogP contribution is -2.43. The summed E-state index contributed by atoms with van der Waals surface area (Å²) < 4.78 is 0. The topological polar surface area (TPSA) is 61.4 Å². The molecule has 2 heterocycles. The van der Waals surface area contributed by atoms with Gasteiger partial charge >= 0.3 is 0 Å². The zero-order valence-corrected chi connectivity index (χ0v) is 12.1. The van der Waals surface area contributed by atoms with Crippen LogP contribution in [0.4, 0.5) is 11.4 Å². The van der Waals surface area contributed by atoms with Crippen LogP contribution in [0.2, 0.25) is 0 Å². The maximum absolute atomic E-state index is 12.5. The van der Waals surface area contributed by atoms with Crippen LogP contribution in [0.1, 0.15) is 32.1 Å². The minimum atomic E-state index is -0.127. The summed E-state index contributed by atoms with van der Waals surface area (Å²) in [4.78, 5) is 25.8. The van der Waals surface area contributed by atoms with Crippen molar-refractivity contribution in [3.63, 3.8) is 0 Å². The van der Waals surface area contributed by atoms with E-state index in [0.29, 0.717) is 12.5 Å². The van der Waals surface area contributed by atoms with Gasteiger partial charge in [0.15, 0.2) is 0 Å². The molecule has 5 heteroatoms. The van der Waals surface area contributed by atoms with Crippen LogP contribution in [0.5, 0.6) is 0 Å². The Morgan fingerprint density at radius 2 is 2.14 bits per heavy atom. The molecule has 2 aliphatic rings. The molecule has 2 N–H and O–H groups in total. The van der Waals surface area contributed by atoms with Crippen molar-refractivity contribution >= 4 is 23.2 Å². The van der Waals surface area contributed by atoms with E-state index >= 15 is 0 Å². The fourth-order valence-corrected chi connectivity index (χ4v) is 3.06. The predicted octanol–water partition coefficient (Wildman–Crippen LogP) is 1.89. The van der Waals surface area contributed by atoms with Crippen LogP contribution in [0.25, 0.3) is 0 Å². The highest BCUT2D eigenvalue weighted by molar-refractivity contribution is 6.09. The number of hydrogen-bond acceptors (Lipinski definition) is 3. The quantitative estimate of drug-likeness (QED) is 0.892. The maximum atomic E-state index is 12.5. The zero-order valence-electron chi connectivity index (χ0n) is 12.1. The van der Waals surface area contributed by atoms with E-state index in [0.717, 1.165) is 30.8 Å². The maximum Gasteiger partial charge on any atom is 0.244 e. The van der Waals surface area contributed by atoms with E-state index in [2.05, 4.69) is 10.6 Å². The number of carbonyl (C=O) groups excluding carboxylic acids is 2. The number of benzene rings is 1. The average molecular weight is 287 g/mol. The van der Waals surface area contributed by atoms with E-state index in [1.165, 1.54) is 12.8 Å². The number of hydrogen-bond donors (Lipinski definition) is 2. The van der Waals surface area contributed by atoms with E-state index in [9.17, 15) is 9.59 Å². The molecule has 0 saturated carbocycles. The first-order valence-electron chi connectivity index (χ1n) is 7.66. The summed E-state index contributed by atoms with van der Waals surface area (Å²) in [5.41, 5.74) is 1.52. The van der Waals surface area contributed by atoms with Gasteiger partial charge in [0.2, 0.25) is 11.8 Å². The Labute approximate surface area is 124 Å². The minimum absolute atomic E-state index is 0.0321. The molecule has 0 radical (unpaired) electrons. The third-order valence-corrected chi connectivity index (χ3v) is 4.19. The lowest BCUT2D eigenvalue weighted by atomic mass is 10.00. The molecule has 1 atom stereocenters. The summed E-state index contributed by atoms with van der Waals surface area (Å²) in [6.45, 7) is 1.17. The smallest absolute Gasteiger partial charge is 0.244 e. The monoisotopic (exact) mass is 287 g/mol. The van der Waals surface area contributed by atoms with Gasteiger partial charge in [0.05, 0.1) is 11.4 Å². The van der Waals surface area contributed by atoms with Crippen molar-refractivity contribution < 1.29 is 9.59 Å². The molecule has 2 aliphatic heterocycles. The van der Waals surface area contributed by atoms with Crippen molar-refractivity contribution in [3.8, 4) is 0 Å². The molecule has 0 spiro atoms. The van der Waals surface area contributed by atoms with Gasteiger partial charge in [-0.3, -0.25) is 9.59 Å². The Morgan fingerprint density at radius 3 is 2.95 bits per heavy atom. The number of carbonyl (C=O) groups is 2. The molecule has 0 bridgehead atoms. The Bertz CT molecular complexity index is 538. The van der Waals surface area contributed by atoms with Gasteiger partial charge in [-0.2, -0.15) is 0 Å². The van der Waals surface area contributed by atoms with Gasteiger partial charge in [-0.05, 0) is 37.9 Å². The Hall–Kier alpha value is -1.88. The predicted molar refractivity (Wildman–Crippen MR) is 82.3 cm³/mol. The van der Waals surface area contributed by atoms with E-state index in [1.807, 2.05) is 24.3 Å². The highest BCUT2D eigenvalue weighted by Crippen LogP contribution is 2.29. The summed E-state index contributed by atoms with van der Waals surface area (Å²) in [6.07, 6.45) is 4.94. The van der Waals surface area contributed by atoms with Crippen molar-refractivity contribution in [2.24, 2.45) is 0 Å². The van der Waals surface area contributed by atoms with Crippen LogP contribution in [0, 0.1) is 0 Å². The van der Waals surface area contributed by atoms with Crippen molar-refractivity contribution in [1.82, 2.24) is 5.32 Å². The largest absolute Gasteiger partial charge is 0.323 e. The SMILES string of the molecule is O=C1CN(C(=O)CCC2CCCCN2)c2ccccc2N1. The molecule has 5 nitrogen and oxygen atoms in total. The number of nitrogens with zero attached hydrogens (tertiary/aromatic N) is 1. The van der Waals surface area contributed by atoms with Gasteiger partial charge in [0.25, 0.3) is 0 Å². The molecule has 1 aromatic carbocycles. The fraction of sp³-hybridized carbons (Fsp3) is 0.500. The number of para-hydroxylation sites is 2. The highest BCUT2D eigenvalue weighted by atomic mass is 16.2. The molecule has 0 aliphatic carbocycles. The van der Waals surface area contributed by atoms with Gasteiger partial charge in [0.1, 0.15) is 6.54 Å². The summed E-state index contributed by atoms with van der Waals surface area (Å²) in [7, 11) is 0. The van der Waals surface area contributed by atoms with Crippen LogP contribution < -0.4 is 15.5 Å². The molecule has 1 unspecified atom stereocenters. The molecule has 2 amide bonds. The van der Waals surface area contributed by atoms with E-state index in [4.69, 9.17) is 0 Å². The second-order valence-corrected chi connectivity index (χ2v) is 5.73. The van der Waals surface area contributed by atoms with Crippen molar-refractivity contribution in [2.75, 3.05) is 23.3 Å². The Balaban J connectivity index is 1.65. The summed E-state index contributed by atoms with van der Waals surface area (Å²) in [6, 6.07) is 7.90. The van der Waals surface area contributed by atoms with Crippen LogP contribution in [0.3, 0.4) is 0 Å². The molecular weight excluding hydrogens is 266 g/mol. The molecule has 3 rings (SSSR count). The fourth-order valence-electron chi connectivity index (χ4n) is 3.06. The molecule has 112 valence electrons. The summed E-state index contributed by atoms with van der Waals surface area (Å²) in [5, 5.41) is 6.26. The lowest BCUT2D eigenvalue weighted by molar-refractivity contribution is -0.122. The van der Waals surface area contributed by atoms with Gasteiger partial charge in [0, 0.05) is 12.5 Å². The number of amides is 2. The molecule has 21 heavy (non-hydrogen) atoms. The molecule has 1 fully saturated rings. The third-order valence-electron chi connectivity index (χ3n) is 4.19. The first-order chi connectivity index (χ1) is 10.2. The molecule has 0 aromatic heterocycles. The van der Waals surface area contributed by atoms with Crippen molar-refractivity contribution in [2.45, 2.75) is 38.1 Å². The van der Waals surface area contributed by atoms with Crippen molar-refractivity contribution in [1.29, 1.82) is 0 Å². The first kappa shape index (κ1) is 14.1. The highest BCUT2D eigenvalue weighted by Gasteiger charge is 2.26. The summed E-state index contributed by atoms with van der Waals surface area (Å²) in [5.74, 6) is -0.0949. The number of anilines is 2. The van der Waals surface area contributed by atoms with E-state index in [1.54, 1.807) is 4.90 Å². The van der Waals surface area contributed by atoms with Crippen LogP contribution in [-0.4, -0.2) is 30.9 Å². The summed E-state index contributed by atoms with van der Waals surface area (Å²) >= 11 is 0. The standard InChI is InChI=1S/C16H21N3O2/c20-15-11-19(14-7-2-1-6-13(14)18-15)16(21)9-8-12-5-3-4-10-17-12/h1-2,6-7,12,17H,3-5,8-11H2,(H,18,20). The third kappa shape index (κ3) is 3.24. The van der Waals surface area contributed by atoms with Gasteiger partial charge in [-0.15, -0.1) is 0 Å². The van der Waals surface area contributed by atoms with Gasteiger partial charge < -0.3 is 15.5 Å². The number of fused-ring (bicyclic) bond motifs is 1. The molecule has 1 saturated heterocycles. The van der Waals surface area contributed by atoms with Gasteiger partial charge in [-0.25, -0.2) is 0 Å². The Morgan fingerprint density at radius 1 is 1.29 bits per heavy atom. The van der Waals surface area contributed by atoms with Crippen LogP contribution in [0.15, 0.2) is 24.3 Å². The number of rotatable bonds is 3. The van der Waals surface area contributed by atoms with Gasteiger partial charge in [-0.1, -0.05) is 18.6 Å². The van der Waals surface area contributed by atoms with Crippen molar-refractivity contribution in [3.05, 3.63) is 24.3 Å². The number of nitrogens with one attached hydrogen (secondary N) is 2. The number of piperidine rings is 1. The Kier molecular flexibility index (Phi) is 4.20. The first-order valence-corrected chi connectivity index (χ1v) is 7.66. The zero-order chi connectivity index (χ0) is 14.7.